The fourth-order valence-corrected chi connectivity index (χ4v) is 9.15. The summed E-state index contributed by atoms with van der Waals surface area (Å²) in [6.45, 7) is 2.22. The maximum Gasteiger partial charge on any atom is 0.350 e. The van der Waals surface area contributed by atoms with Gasteiger partial charge in [-0.3, -0.25) is 14.1 Å². The molecule has 4 heterocycles. The SMILES string of the molecule is Cc1oc(-c2ccncc2)nc1CCOc1ccc(C(P2(=O)OCCO2)P2(=O)OCCO2)cc1F. The molecule has 0 N–H and O–H groups in total. The third-order valence-corrected chi connectivity index (χ3v) is 11.2. The van der Waals surface area contributed by atoms with Gasteiger partial charge in [0.05, 0.1) is 38.7 Å². The average Bonchev–Trinajstić information content (AvgIpc) is 3.57. The Hall–Kier alpha value is -2.39. The maximum atomic E-state index is 15.0. The van der Waals surface area contributed by atoms with Crippen molar-refractivity contribution in [3.05, 3.63) is 65.6 Å². The van der Waals surface area contributed by atoms with E-state index < -0.39 is 26.4 Å². The molecule has 0 spiro atoms. The number of pyridine rings is 1. The van der Waals surface area contributed by atoms with Gasteiger partial charge < -0.3 is 27.2 Å². The van der Waals surface area contributed by atoms with Crippen LogP contribution in [0.25, 0.3) is 11.5 Å². The Morgan fingerprint density at radius 2 is 1.63 bits per heavy atom. The van der Waals surface area contributed by atoms with Crippen LogP contribution in [0.4, 0.5) is 4.39 Å². The number of oxazole rings is 1. The van der Waals surface area contributed by atoms with E-state index >= 15 is 0 Å². The van der Waals surface area contributed by atoms with Gasteiger partial charge in [-0.25, -0.2) is 9.37 Å². The van der Waals surface area contributed by atoms with Gasteiger partial charge in [-0.1, -0.05) is 6.07 Å². The fourth-order valence-electron chi connectivity index (χ4n) is 3.88. The van der Waals surface area contributed by atoms with Gasteiger partial charge in [0.25, 0.3) is 0 Å². The molecule has 2 aliphatic rings. The molecule has 186 valence electrons. The first kappa shape index (κ1) is 24.3. The Morgan fingerprint density at radius 1 is 1.00 bits per heavy atom. The minimum absolute atomic E-state index is 0.0268. The molecule has 2 aliphatic heterocycles. The number of benzene rings is 1. The molecule has 0 bridgehead atoms. The Kier molecular flexibility index (Phi) is 6.90. The van der Waals surface area contributed by atoms with Crippen molar-refractivity contribution in [2.24, 2.45) is 0 Å². The number of nitrogens with zero attached hydrogens (tertiary/aromatic N) is 2. The molecule has 3 aromatic rings. The van der Waals surface area contributed by atoms with Crippen LogP contribution in [0.5, 0.6) is 5.75 Å². The summed E-state index contributed by atoms with van der Waals surface area (Å²) in [6, 6.07) is 7.52. The normalized spacial score (nSPS) is 18.8. The van der Waals surface area contributed by atoms with Gasteiger partial charge in [0.1, 0.15) is 5.76 Å². The summed E-state index contributed by atoms with van der Waals surface area (Å²) in [6.07, 6.45) is 3.69. The lowest BCUT2D eigenvalue weighted by molar-refractivity contribution is 0.302. The van der Waals surface area contributed by atoms with Gasteiger partial charge in [-0.05, 0) is 36.8 Å². The van der Waals surface area contributed by atoms with E-state index in [1.807, 2.05) is 0 Å². The monoisotopic (exact) mass is 524 g/mol. The molecular formula is C22H23FN2O8P2. The van der Waals surface area contributed by atoms with Crippen LogP contribution in [0.1, 0.15) is 22.4 Å². The molecule has 0 unspecified atom stereocenters. The topological polar surface area (TPSA) is 119 Å². The Bertz CT molecular complexity index is 1250. The third-order valence-electron chi connectivity index (χ3n) is 5.52. The van der Waals surface area contributed by atoms with E-state index in [1.165, 1.54) is 12.1 Å². The van der Waals surface area contributed by atoms with Crippen molar-refractivity contribution in [2.45, 2.75) is 18.7 Å². The Morgan fingerprint density at radius 3 is 2.23 bits per heavy atom. The summed E-state index contributed by atoms with van der Waals surface area (Å²) in [4.78, 5) is 8.47. The first-order chi connectivity index (χ1) is 16.9. The number of rotatable bonds is 8. The maximum absolute atomic E-state index is 15.0. The first-order valence-electron chi connectivity index (χ1n) is 10.9. The molecule has 10 nitrogen and oxygen atoms in total. The van der Waals surface area contributed by atoms with Gasteiger partial charge in [0.2, 0.25) is 5.89 Å². The van der Waals surface area contributed by atoms with Crippen molar-refractivity contribution in [2.75, 3.05) is 33.0 Å². The molecular weight excluding hydrogens is 501 g/mol. The van der Waals surface area contributed by atoms with Crippen LogP contribution in [0.2, 0.25) is 0 Å². The van der Waals surface area contributed by atoms with Crippen LogP contribution in [0, 0.1) is 12.7 Å². The largest absolute Gasteiger partial charge is 0.490 e. The number of aryl methyl sites for hydroxylation is 1. The minimum Gasteiger partial charge on any atom is -0.490 e. The van der Waals surface area contributed by atoms with E-state index in [0.717, 1.165) is 11.6 Å². The lowest BCUT2D eigenvalue weighted by atomic mass is 10.2. The third kappa shape index (κ3) is 4.98. The Balaban J connectivity index is 1.30. The molecule has 0 aliphatic carbocycles. The van der Waals surface area contributed by atoms with Crippen LogP contribution >= 0.6 is 15.2 Å². The summed E-state index contributed by atoms with van der Waals surface area (Å²) in [5, 5.41) is -1.38. The molecule has 35 heavy (non-hydrogen) atoms. The van der Waals surface area contributed by atoms with Crippen LogP contribution < -0.4 is 4.74 Å². The molecule has 2 aromatic heterocycles. The molecule has 0 saturated carbocycles. The number of aromatic nitrogens is 2. The number of ether oxygens (including phenoxy) is 1. The molecule has 0 amide bonds. The molecule has 2 saturated heterocycles. The van der Waals surface area contributed by atoms with Crippen molar-refractivity contribution in [1.29, 1.82) is 0 Å². The summed E-state index contributed by atoms with van der Waals surface area (Å²) in [5.74, 6) is 0.361. The quantitative estimate of drug-likeness (QED) is 0.360. The molecule has 0 atom stereocenters. The highest BCUT2D eigenvalue weighted by molar-refractivity contribution is 7.72. The van der Waals surface area contributed by atoms with Gasteiger partial charge in [-0.2, -0.15) is 0 Å². The van der Waals surface area contributed by atoms with E-state index in [2.05, 4.69) is 9.97 Å². The average molecular weight is 524 g/mol. The van der Waals surface area contributed by atoms with Crippen molar-refractivity contribution in [3.8, 4) is 17.2 Å². The summed E-state index contributed by atoms with van der Waals surface area (Å²) in [5.41, 5.74) is 1.62. The highest BCUT2D eigenvalue weighted by Gasteiger charge is 2.55. The highest BCUT2D eigenvalue weighted by atomic mass is 31.2. The van der Waals surface area contributed by atoms with Gasteiger partial charge >= 0.3 is 15.2 Å². The highest BCUT2D eigenvalue weighted by Crippen LogP contribution is 2.80. The molecule has 2 fully saturated rings. The van der Waals surface area contributed by atoms with Gasteiger partial charge in [0, 0.05) is 24.4 Å². The van der Waals surface area contributed by atoms with Gasteiger partial charge in [0.15, 0.2) is 17.0 Å². The van der Waals surface area contributed by atoms with E-state index in [4.69, 9.17) is 27.2 Å². The number of halogens is 1. The lowest BCUT2D eigenvalue weighted by Crippen LogP contribution is -2.06. The zero-order valence-electron chi connectivity index (χ0n) is 18.8. The van der Waals surface area contributed by atoms with Crippen LogP contribution in [-0.2, 0) is 33.6 Å². The molecule has 1 aromatic carbocycles. The van der Waals surface area contributed by atoms with Crippen molar-refractivity contribution in [3.63, 3.8) is 0 Å². The number of hydrogen-bond donors (Lipinski definition) is 0. The van der Waals surface area contributed by atoms with Crippen LogP contribution in [0.3, 0.4) is 0 Å². The Labute approximate surface area is 200 Å². The lowest BCUT2D eigenvalue weighted by Gasteiger charge is -2.25. The smallest absolute Gasteiger partial charge is 0.350 e. The van der Waals surface area contributed by atoms with Crippen LogP contribution in [-0.4, -0.2) is 43.0 Å². The fraction of sp³-hybridized carbons (Fsp3) is 0.364. The number of hydrogen-bond acceptors (Lipinski definition) is 10. The van der Waals surface area contributed by atoms with Crippen molar-refractivity contribution >= 4 is 15.2 Å². The zero-order valence-corrected chi connectivity index (χ0v) is 20.6. The standard InChI is InChI=1S/C22H23FN2O8P2/c1-15-19(25-21(33-15)16-4-7-24-8-5-16)6-9-28-20-3-2-17(14-18(20)23)22(34(26)29-10-11-30-34)35(27)31-12-13-32-35/h2-5,7-8,14,22H,6,9-13H2,1H3. The second kappa shape index (κ2) is 9.93. The van der Waals surface area contributed by atoms with E-state index in [-0.39, 0.29) is 44.3 Å². The first-order valence-corrected chi connectivity index (χ1v) is 14.2. The van der Waals surface area contributed by atoms with Crippen LogP contribution in [0.15, 0.2) is 47.1 Å². The molecule has 0 radical (unpaired) electrons. The molecule has 5 rings (SSSR count). The zero-order chi connectivity index (χ0) is 24.5. The van der Waals surface area contributed by atoms with Gasteiger partial charge in [-0.15, -0.1) is 0 Å². The van der Waals surface area contributed by atoms with E-state index in [1.54, 1.807) is 31.5 Å². The summed E-state index contributed by atoms with van der Waals surface area (Å²) in [7, 11) is -7.77. The summed E-state index contributed by atoms with van der Waals surface area (Å²) < 4.78 is 73.9. The van der Waals surface area contributed by atoms with Crippen molar-refractivity contribution in [1.82, 2.24) is 9.97 Å². The van der Waals surface area contributed by atoms with Crippen molar-refractivity contribution < 1.29 is 40.8 Å². The predicted octanol–water partition coefficient (Wildman–Crippen LogP) is 5.28. The predicted molar refractivity (Wildman–Crippen MR) is 122 cm³/mol. The second-order valence-corrected chi connectivity index (χ2v) is 12.5. The second-order valence-electron chi connectivity index (χ2n) is 7.83. The summed E-state index contributed by atoms with van der Waals surface area (Å²) >= 11 is 0. The van der Waals surface area contributed by atoms with E-state index in [9.17, 15) is 13.5 Å². The minimum atomic E-state index is -3.88. The molecule has 13 heteroatoms. The van der Waals surface area contributed by atoms with E-state index in [0.29, 0.717) is 23.8 Å².